The number of aliphatic hydroxyl groups is 1. The van der Waals surface area contributed by atoms with E-state index >= 15 is 0 Å². The Balaban J connectivity index is 1.35. The zero-order chi connectivity index (χ0) is 17.6. The van der Waals surface area contributed by atoms with Crippen LogP contribution in [0.5, 0.6) is 0 Å². The average molecular weight is 345 g/mol. The molecule has 138 valence electrons. The number of hydrogen-bond acceptors (Lipinski definition) is 3. The van der Waals surface area contributed by atoms with E-state index in [-0.39, 0.29) is 12.1 Å². The minimum atomic E-state index is -0.538. The number of carbonyl (C=O) groups is 1. The fourth-order valence-electron chi connectivity index (χ4n) is 4.07. The van der Waals surface area contributed by atoms with Gasteiger partial charge in [0.25, 0.3) is 0 Å². The van der Waals surface area contributed by atoms with Crippen LogP contribution in [0.1, 0.15) is 56.2 Å². The molecule has 1 fully saturated rings. The third-order valence-corrected chi connectivity index (χ3v) is 5.59. The number of benzene rings is 1. The van der Waals surface area contributed by atoms with Crippen molar-refractivity contribution in [2.45, 2.75) is 63.6 Å². The van der Waals surface area contributed by atoms with Crippen molar-refractivity contribution in [1.29, 1.82) is 0 Å². The molecule has 2 aliphatic rings. The van der Waals surface area contributed by atoms with Gasteiger partial charge in [0.05, 0.1) is 12.1 Å². The molecule has 0 bridgehead atoms. The second-order valence-electron chi connectivity index (χ2n) is 7.44. The number of piperidine rings is 1. The van der Waals surface area contributed by atoms with Gasteiger partial charge in [0.1, 0.15) is 0 Å². The highest BCUT2D eigenvalue weighted by molar-refractivity contribution is 5.74. The molecule has 1 aromatic carbocycles. The van der Waals surface area contributed by atoms with Gasteiger partial charge in [-0.25, -0.2) is 4.79 Å². The van der Waals surface area contributed by atoms with Gasteiger partial charge < -0.3 is 20.6 Å². The van der Waals surface area contributed by atoms with Crippen LogP contribution in [0, 0.1) is 0 Å². The van der Waals surface area contributed by atoms with Crippen molar-refractivity contribution >= 4 is 6.03 Å². The van der Waals surface area contributed by atoms with E-state index in [2.05, 4.69) is 22.5 Å². The summed E-state index contributed by atoms with van der Waals surface area (Å²) in [7, 11) is 0. The van der Waals surface area contributed by atoms with Gasteiger partial charge in [-0.1, -0.05) is 30.7 Å². The summed E-state index contributed by atoms with van der Waals surface area (Å²) >= 11 is 0. The summed E-state index contributed by atoms with van der Waals surface area (Å²) in [6.45, 7) is 5.33. The molecule has 0 radical (unpaired) electrons. The third kappa shape index (κ3) is 4.73. The second-order valence-corrected chi connectivity index (χ2v) is 7.44. The van der Waals surface area contributed by atoms with E-state index in [4.69, 9.17) is 0 Å². The second kappa shape index (κ2) is 8.68. The molecule has 5 nitrogen and oxygen atoms in total. The predicted molar refractivity (Wildman–Crippen MR) is 99.5 cm³/mol. The van der Waals surface area contributed by atoms with E-state index in [0.717, 1.165) is 30.5 Å². The fraction of sp³-hybridized carbons (Fsp3) is 0.650. The van der Waals surface area contributed by atoms with Crippen molar-refractivity contribution in [2.75, 3.05) is 19.6 Å². The molecule has 1 aliphatic heterocycles. The van der Waals surface area contributed by atoms with Crippen LogP contribution in [-0.4, -0.2) is 47.8 Å². The van der Waals surface area contributed by atoms with E-state index in [1.165, 1.54) is 25.8 Å². The molecule has 3 N–H and O–H groups in total. The van der Waals surface area contributed by atoms with Crippen LogP contribution in [0.3, 0.4) is 0 Å². The summed E-state index contributed by atoms with van der Waals surface area (Å²) in [5, 5.41) is 16.0. The normalized spacial score (nSPS) is 26.2. The molecule has 3 atom stereocenters. The molecule has 0 aromatic heterocycles. The Morgan fingerprint density at radius 1 is 1.28 bits per heavy atom. The number of unbranched alkanes of at least 4 members (excludes halogenated alkanes) is 1. The maximum atomic E-state index is 12.1. The zero-order valence-electron chi connectivity index (χ0n) is 15.2. The van der Waals surface area contributed by atoms with Crippen molar-refractivity contribution in [3.8, 4) is 0 Å². The maximum absolute atomic E-state index is 12.1. The van der Waals surface area contributed by atoms with Crippen LogP contribution in [0.25, 0.3) is 0 Å². The first-order chi connectivity index (χ1) is 12.1. The number of carbonyl (C=O) groups excluding carboxylic acids is 1. The highest BCUT2D eigenvalue weighted by Crippen LogP contribution is 2.31. The molecule has 25 heavy (non-hydrogen) atoms. The van der Waals surface area contributed by atoms with Crippen LogP contribution < -0.4 is 10.6 Å². The molecule has 1 aliphatic carbocycles. The minimum Gasteiger partial charge on any atom is -0.390 e. The Labute approximate surface area is 150 Å². The Kier molecular flexibility index (Phi) is 6.32. The van der Waals surface area contributed by atoms with Gasteiger partial charge in [0.2, 0.25) is 0 Å². The third-order valence-electron chi connectivity index (χ3n) is 5.59. The standard InChI is InChI=1S/C20H31N3O2/c1-15-8-4-6-12-23(15)13-7-5-11-21-20(25)22-19-17-10-3-2-9-16(17)14-18(19)24/h2-3,9-10,15,18-19,24H,4-8,11-14H2,1H3,(H2,21,22,25). The lowest BCUT2D eigenvalue weighted by atomic mass is 10.0. The summed E-state index contributed by atoms with van der Waals surface area (Å²) in [5.74, 6) is 0. The number of nitrogens with zero attached hydrogens (tertiary/aromatic N) is 1. The molecule has 0 saturated carbocycles. The lowest BCUT2D eigenvalue weighted by Crippen LogP contribution is -2.41. The molecule has 2 amide bonds. The Hall–Kier alpha value is -1.59. The van der Waals surface area contributed by atoms with Crippen molar-refractivity contribution in [1.82, 2.24) is 15.5 Å². The predicted octanol–water partition coefficient (Wildman–Crippen LogP) is 2.60. The quantitative estimate of drug-likeness (QED) is 0.695. The Morgan fingerprint density at radius 3 is 2.96 bits per heavy atom. The van der Waals surface area contributed by atoms with Gasteiger partial charge >= 0.3 is 6.03 Å². The molecule has 0 spiro atoms. The largest absolute Gasteiger partial charge is 0.390 e. The van der Waals surface area contributed by atoms with Crippen molar-refractivity contribution < 1.29 is 9.90 Å². The van der Waals surface area contributed by atoms with E-state index in [0.29, 0.717) is 19.0 Å². The number of rotatable bonds is 6. The number of urea groups is 1. The lowest BCUT2D eigenvalue weighted by Gasteiger charge is -2.33. The van der Waals surface area contributed by atoms with Crippen LogP contribution in [0.15, 0.2) is 24.3 Å². The number of nitrogens with one attached hydrogen (secondary N) is 2. The topological polar surface area (TPSA) is 64.6 Å². The van der Waals surface area contributed by atoms with Crippen molar-refractivity contribution in [3.63, 3.8) is 0 Å². The van der Waals surface area contributed by atoms with Crippen LogP contribution in [-0.2, 0) is 6.42 Å². The number of amides is 2. The van der Waals surface area contributed by atoms with Crippen LogP contribution >= 0.6 is 0 Å². The lowest BCUT2D eigenvalue weighted by molar-refractivity contribution is 0.142. The number of fused-ring (bicyclic) bond motifs is 1. The summed E-state index contributed by atoms with van der Waals surface area (Å²) < 4.78 is 0. The fourth-order valence-corrected chi connectivity index (χ4v) is 4.07. The monoisotopic (exact) mass is 345 g/mol. The first kappa shape index (κ1) is 18.2. The average Bonchev–Trinajstić information content (AvgIpc) is 2.92. The van der Waals surface area contributed by atoms with Gasteiger partial charge in [-0.2, -0.15) is 0 Å². The van der Waals surface area contributed by atoms with Crippen molar-refractivity contribution in [3.05, 3.63) is 35.4 Å². The molecule has 3 unspecified atom stereocenters. The van der Waals surface area contributed by atoms with E-state index in [1.54, 1.807) is 0 Å². The molecule has 1 saturated heterocycles. The van der Waals surface area contributed by atoms with Crippen LogP contribution in [0.2, 0.25) is 0 Å². The van der Waals surface area contributed by atoms with Crippen LogP contribution in [0.4, 0.5) is 4.79 Å². The highest BCUT2D eigenvalue weighted by Gasteiger charge is 2.31. The smallest absolute Gasteiger partial charge is 0.315 e. The van der Waals surface area contributed by atoms with E-state index < -0.39 is 6.10 Å². The molecule has 3 rings (SSSR count). The summed E-state index contributed by atoms with van der Waals surface area (Å²) in [5.41, 5.74) is 2.15. The molecule has 1 aromatic rings. The SMILES string of the molecule is CC1CCCCN1CCCCNC(=O)NC1c2ccccc2CC1O. The minimum absolute atomic E-state index is 0.188. The Bertz CT molecular complexity index is 578. The molecular weight excluding hydrogens is 314 g/mol. The van der Waals surface area contributed by atoms with Crippen molar-refractivity contribution in [2.24, 2.45) is 0 Å². The highest BCUT2D eigenvalue weighted by atomic mass is 16.3. The number of hydrogen-bond donors (Lipinski definition) is 3. The van der Waals surface area contributed by atoms with Gasteiger partial charge in [-0.15, -0.1) is 0 Å². The van der Waals surface area contributed by atoms with E-state index in [9.17, 15) is 9.90 Å². The summed E-state index contributed by atoms with van der Waals surface area (Å²) in [4.78, 5) is 14.7. The number of likely N-dealkylation sites (tertiary alicyclic amines) is 1. The number of aliphatic hydroxyl groups excluding tert-OH is 1. The Morgan fingerprint density at radius 2 is 2.12 bits per heavy atom. The van der Waals surface area contributed by atoms with Gasteiger partial charge in [-0.05, 0) is 56.8 Å². The molecule has 5 heteroatoms. The summed E-state index contributed by atoms with van der Waals surface area (Å²) in [6.07, 6.45) is 6.15. The van der Waals surface area contributed by atoms with Gasteiger partial charge in [0.15, 0.2) is 0 Å². The zero-order valence-corrected chi connectivity index (χ0v) is 15.2. The van der Waals surface area contributed by atoms with Gasteiger partial charge in [-0.3, -0.25) is 0 Å². The first-order valence-corrected chi connectivity index (χ1v) is 9.69. The van der Waals surface area contributed by atoms with Gasteiger partial charge in [0, 0.05) is 19.0 Å². The van der Waals surface area contributed by atoms with E-state index in [1.807, 2.05) is 24.3 Å². The maximum Gasteiger partial charge on any atom is 0.315 e. The molecular formula is C20H31N3O2. The summed E-state index contributed by atoms with van der Waals surface area (Å²) in [6, 6.07) is 8.13. The molecule has 1 heterocycles. The first-order valence-electron chi connectivity index (χ1n) is 9.69.